The average molecular weight is 281 g/mol. The topological polar surface area (TPSA) is 53.1 Å². The Morgan fingerprint density at radius 3 is 2.63 bits per heavy atom. The maximum absolute atomic E-state index is 4.49. The molecule has 2 rings (SSSR count). The molecule has 0 aliphatic carbocycles. The monoisotopic (exact) mass is 281 g/mol. The number of likely N-dealkylation sites (tertiary alicyclic amines) is 1. The molecule has 6 heteroatoms. The second-order valence-electron chi connectivity index (χ2n) is 5.00. The van der Waals surface area contributed by atoms with E-state index in [0.717, 1.165) is 29.3 Å². The SMILES string of the molecule is CNc1cc(NCC2CCN(C)CC2)nc(SC)n1. The van der Waals surface area contributed by atoms with Gasteiger partial charge in [0.2, 0.25) is 0 Å². The Morgan fingerprint density at radius 2 is 2.00 bits per heavy atom. The number of hydrogen-bond acceptors (Lipinski definition) is 6. The lowest BCUT2D eigenvalue weighted by atomic mass is 9.97. The lowest BCUT2D eigenvalue weighted by Gasteiger charge is -2.29. The van der Waals surface area contributed by atoms with Gasteiger partial charge in [0.1, 0.15) is 11.6 Å². The third-order valence-electron chi connectivity index (χ3n) is 3.55. The standard InChI is InChI=1S/C13H23N5S/c1-14-11-8-12(17-13(16-11)19-3)15-9-10-4-6-18(2)7-5-10/h8,10H,4-7,9H2,1-3H3,(H2,14,15,16,17). The molecule has 0 saturated carbocycles. The zero-order valence-corrected chi connectivity index (χ0v) is 12.8. The minimum atomic E-state index is 0.752. The molecule has 0 spiro atoms. The van der Waals surface area contributed by atoms with Gasteiger partial charge in [-0.05, 0) is 45.2 Å². The second kappa shape index (κ2) is 6.96. The number of nitrogens with zero attached hydrogens (tertiary/aromatic N) is 3. The summed E-state index contributed by atoms with van der Waals surface area (Å²) < 4.78 is 0. The number of hydrogen-bond donors (Lipinski definition) is 2. The molecule has 5 nitrogen and oxygen atoms in total. The highest BCUT2D eigenvalue weighted by atomic mass is 32.2. The Morgan fingerprint density at radius 1 is 1.32 bits per heavy atom. The summed E-state index contributed by atoms with van der Waals surface area (Å²) in [5, 5.41) is 7.33. The summed E-state index contributed by atoms with van der Waals surface area (Å²) in [6, 6.07) is 1.97. The first-order valence-electron chi connectivity index (χ1n) is 6.74. The van der Waals surface area contributed by atoms with Crippen molar-refractivity contribution in [2.45, 2.75) is 18.0 Å². The molecular weight excluding hydrogens is 258 g/mol. The van der Waals surface area contributed by atoms with Gasteiger partial charge < -0.3 is 15.5 Å². The van der Waals surface area contributed by atoms with Crippen LogP contribution in [0.2, 0.25) is 0 Å². The van der Waals surface area contributed by atoms with E-state index in [1.807, 2.05) is 19.4 Å². The molecule has 0 atom stereocenters. The van der Waals surface area contributed by atoms with Gasteiger partial charge in [0.25, 0.3) is 0 Å². The van der Waals surface area contributed by atoms with Gasteiger partial charge >= 0.3 is 0 Å². The number of anilines is 2. The van der Waals surface area contributed by atoms with Gasteiger partial charge in [-0.25, -0.2) is 9.97 Å². The molecule has 1 aliphatic heterocycles. The molecular formula is C13H23N5S. The number of nitrogens with one attached hydrogen (secondary N) is 2. The zero-order valence-electron chi connectivity index (χ0n) is 11.9. The van der Waals surface area contributed by atoms with Gasteiger partial charge in [0, 0.05) is 19.7 Å². The highest BCUT2D eigenvalue weighted by Crippen LogP contribution is 2.19. The molecule has 1 saturated heterocycles. The van der Waals surface area contributed by atoms with Crippen LogP contribution in [0.4, 0.5) is 11.6 Å². The molecule has 0 radical (unpaired) electrons. The van der Waals surface area contributed by atoms with Crippen molar-refractivity contribution in [1.82, 2.24) is 14.9 Å². The van der Waals surface area contributed by atoms with Crippen LogP contribution < -0.4 is 10.6 Å². The first kappa shape index (κ1) is 14.4. The molecule has 2 N–H and O–H groups in total. The van der Waals surface area contributed by atoms with Crippen molar-refractivity contribution in [3.8, 4) is 0 Å². The van der Waals surface area contributed by atoms with E-state index in [4.69, 9.17) is 0 Å². The van der Waals surface area contributed by atoms with E-state index in [1.54, 1.807) is 11.8 Å². The van der Waals surface area contributed by atoms with Crippen LogP contribution in [0.1, 0.15) is 12.8 Å². The minimum Gasteiger partial charge on any atom is -0.373 e. The highest BCUT2D eigenvalue weighted by Gasteiger charge is 2.16. The Bertz CT molecular complexity index is 382. The summed E-state index contributed by atoms with van der Waals surface area (Å²) in [5.41, 5.74) is 0. The van der Waals surface area contributed by atoms with Crippen LogP contribution in [-0.2, 0) is 0 Å². The second-order valence-corrected chi connectivity index (χ2v) is 5.78. The molecule has 0 bridgehead atoms. The van der Waals surface area contributed by atoms with Crippen molar-refractivity contribution in [3.63, 3.8) is 0 Å². The lowest BCUT2D eigenvalue weighted by molar-refractivity contribution is 0.226. The van der Waals surface area contributed by atoms with Gasteiger partial charge in [0.15, 0.2) is 5.16 Å². The Labute approximate surface area is 119 Å². The van der Waals surface area contributed by atoms with Crippen molar-refractivity contribution in [2.24, 2.45) is 5.92 Å². The van der Waals surface area contributed by atoms with Gasteiger partial charge in [0.05, 0.1) is 0 Å². The zero-order chi connectivity index (χ0) is 13.7. The van der Waals surface area contributed by atoms with E-state index in [9.17, 15) is 0 Å². The van der Waals surface area contributed by atoms with E-state index >= 15 is 0 Å². The highest BCUT2D eigenvalue weighted by molar-refractivity contribution is 7.98. The first-order valence-corrected chi connectivity index (χ1v) is 7.97. The Balaban J connectivity index is 1.91. The predicted molar refractivity (Wildman–Crippen MR) is 82.1 cm³/mol. The normalized spacial score (nSPS) is 17.4. The average Bonchev–Trinajstić information content (AvgIpc) is 2.46. The third kappa shape index (κ3) is 4.24. The summed E-state index contributed by atoms with van der Waals surface area (Å²) in [6.07, 6.45) is 4.53. The fourth-order valence-corrected chi connectivity index (χ4v) is 2.63. The predicted octanol–water partition coefficient (Wildman–Crippen LogP) is 1.99. The molecule has 1 aromatic heterocycles. The summed E-state index contributed by atoms with van der Waals surface area (Å²) in [6.45, 7) is 3.41. The smallest absolute Gasteiger partial charge is 0.191 e. The van der Waals surface area contributed by atoms with Crippen LogP contribution in [-0.4, -0.2) is 54.9 Å². The molecule has 106 valence electrons. The van der Waals surface area contributed by atoms with Crippen LogP contribution in [0.15, 0.2) is 11.2 Å². The largest absolute Gasteiger partial charge is 0.373 e. The Hall–Kier alpha value is -1.01. The van der Waals surface area contributed by atoms with Crippen molar-refractivity contribution >= 4 is 23.4 Å². The number of thioether (sulfide) groups is 1. The summed E-state index contributed by atoms with van der Waals surface area (Å²) in [5.74, 6) is 2.54. The number of piperidine rings is 1. The van der Waals surface area contributed by atoms with Crippen LogP contribution in [0.3, 0.4) is 0 Å². The van der Waals surface area contributed by atoms with Crippen molar-refractivity contribution < 1.29 is 0 Å². The summed E-state index contributed by atoms with van der Waals surface area (Å²) >= 11 is 1.57. The van der Waals surface area contributed by atoms with Gasteiger partial charge in [-0.15, -0.1) is 0 Å². The van der Waals surface area contributed by atoms with E-state index < -0.39 is 0 Å². The minimum absolute atomic E-state index is 0.752. The fourth-order valence-electron chi connectivity index (χ4n) is 2.25. The van der Waals surface area contributed by atoms with E-state index in [1.165, 1.54) is 25.9 Å². The molecule has 0 aromatic carbocycles. The van der Waals surface area contributed by atoms with Gasteiger partial charge in [-0.1, -0.05) is 11.8 Å². The summed E-state index contributed by atoms with van der Waals surface area (Å²) in [4.78, 5) is 11.3. The molecule has 1 aromatic rings. The van der Waals surface area contributed by atoms with E-state index in [0.29, 0.717) is 0 Å². The van der Waals surface area contributed by atoms with Crippen molar-refractivity contribution in [3.05, 3.63) is 6.07 Å². The van der Waals surface area contributed by atoms with Crippen LogP contribution >= 0.6 is 11.8 Å². The maximum Gasteiger partial charge on any atom is 0.191 e. The fraction of sp³-hybridized carbons (Fsp3) is 0.692. The molecule has 1 aliphatic rings. The van der Waals surface area contributed by atoms with Crippen molar-refractivity contribution in [1.29, 1.82) is 0 Å². The van der Waals surface area contributed by atoms with Crippen LogP contribution in [0, 0.1) is 5.92 Å². The lowest BCUT2D eigenvalue weighted by Crippen LogP contribution is -2.33. The number of aromatic nitrogens is 2. The maximum atomic E-state index is 4.49. The van der Waals surface area contributed by atoms with Gasteiger partial charge in [-0.3, -0.25) is 0 Å². The molecule has 2 heterocycles. The van der Waals surface area contributed by atoms with Gasteiger partial charge in [-0.2, -0.15) is 0 Å². The van der Waals surface area contributed by atoms with E-state index in [2.05, 4.69) is 32.5 Å². The van der Waals surface area contributed by atoms with Crippen molar-refractivity contribution in [2.75, 3.05) is 50.6 Å². The van der Waals surface area contributed by atoms with Crippen LogP contribution in [0.25, 0.3) is 0 Å². The van der Waals surface area contributed by atoms with Crippen LogP contribution in [0.5, 0.6) is 0 Å². The Kier molecular flexibility index (Phi) is 5.27. The number of rotatable bonds is 5. The molecule has 19 heavy (non-hydrogen) atoms. The van der Waals surface area contributed by atoms with E-state index in [-0.39, 0.29) is 0 Å². The molecule has 1 fully saturated rings. The quantitative estimate of drug-likeness (QED) is 0.636. The molecule has 0 amide bonds. The first-order chi connectivity index (χ1) is 9.21. The summed E-state index contributed by atoms with van der Waals surface area (Å²) in [7, 11) is 4.07. The molecule has 0 unspecified atom stereocenters. The third-order valence-corrected chi connectivity index (χ3v) is 4.10.